The molecule has 1 aliphatic carbocycles. The van der Waals surface area contributed by atoms with Gasteiger partial charge in [-0.2, -0.15) is 5.10 Å². The maximum atomic E-state index is 5.27. The van der Waals surface area contributed by atoms with Crippen LogP contribution in [0.3, 0.4) is 0 Å². The summed E-state index contributed by atoms with van der Waals surface area (Å²) >= 11 is 0. The molecule has 5 heteroatoms. The van der Waals surface area contributed by atoms with Crippen molar-refractivity contribution in [3.05, 3.63) is 29.3 Å². The molecule has 100 valence electrons. The van der Waals surface area contributed by atoms with Gasteiger partial charge in [0.15, 0.2) is 5.82 Å². The fraction of sp³-hybridized carbons (Fsp3) is 0.357. The molecule has 0 saturated carbocycles. The minimum absolute atomic E-state index is 0.669. The van der Waals surface area contributed by atoms with E-state index < -0.39 is 0 Å². The van der Waals surface area contributed by atoms with E-state index in [9.17, 15) is 0 Å². The molecule has 2 aromatic rings. The van der Waals surface area contributed by atoms with Gasteiger partial charge in [0.1, 0.15) is 5.75 Å². The molecule has 0 bridgehead atoms. The predicted molar refractivity (Wildman–Crippen MR) is 73.7 cm³/mol. The predicted octanol–water partition coefficient (Wildman–Crippen LogP) is 2.05. The second-order valence-corrected chi connectivity index (χ2v) is 4.55. The van der Waals surface area contributed by atoms with Crippen LogP contribution in [0.4, 0.5) is 5.82 Å². The van der Waals surface area contributed by atoms with Crippen LogP contribution >= 0.6 is 0 Å². The van der Waals surface area contributed by atoms with Crippen molar-refractivity contribution in [3.63, 3.8) is 0 Å². The fourth-order valence-corrected chi connectivity index (χ4v) is 2.44. The number of hydrogen-bond donors (Lipinski definition) is 2. The molecule has 0 atom stereocenters. The van der Waals surface area contributed by atoms with E-state index in [0.29, 0.717) is 6.61 Å². The Bertz CT molecular complexity index is 592. The maximum absolute atomic E-state index is 5.27. The van der Waals surface area contributed by atoms with Gasteiger partial charge in [-0.25, -0.2) is 0 Å². The Hall–Kier alpha value is -2.01. The molecule has 0 unspecified atom stereocenters. The van der Waals surface area contributed by atoms with Crippen LogP contribution in [0.5, 0.6) is 5.75 Å². The Labute approximate surface area is 111 Å². The molecule has 0 radical (unpaired) electrons. The molecule has 0 amide bonds. The zero-order chi connectivity index (χ0) is 13.2. The number of aromatic nitrogens is 2. The lowest BCUT2D eigenvalue weighted by molar-refractivity contribution is 0.210. The van der Waals surface area contributed by atoms with Crippen molar-refractivity contribution in [2.45, 2.75) is 6.42 Å². The Balaban J connectivity index is 1.88. The lowest BCUT2D eigenvalue weighted by atomic mass is 10.1. The Morgan fingerprint density at radius 1 is 1.37 bits per heavy atom. The van der Waals surface area contributed by atoms with E-state index in [4.69, 9.17) is 9.47 Å². The van der Waals surface area contributed by atoms with E-state index in [-0.39, 0.29) is 0 Å². The number of aromatic amines is 1. The summed E-state index contributed by atoms with van der Waals surface area (Å²) in [5.74, 6) is 1.79. The molecular formula is C14H17N3O2. The Kier molecular flexibility index (Phi) is 3.13. The molecule has 5 nitrogen and oxygen atoms in total. The standard InChI is InChI=1S/C14H17N3O2/c1-18-6-5-15-14-12-7-9-3-4-10(19-2)8-11(9)13(12)16-17-14/h3-4,8H,5-7H2,1-2H3,(H2,15,16,17). The lowest BCUT2D eigenvalue weighted by Gasteiger charge is -2.04. The topological polar surface area (TPSA) is 59.2 Å². The molecule has 0 spiro atoms. The molecule has 1 heterocycles. The number of anilines is 1. The Morgan fingerprint density at radius 2 is 2.26 bits per heavy atom. The van der Waals surface area contributed by atoms with Crippen LogP contribution < -0.4 is 10.1 Å². The van der Waals surface area contributed by atoms with E-state index in [1.165, 1.54) is 16.7 Å². The highest BCUT2D eigenvalue weighted by Gasteiger charge is 2.24. The zero-order valence-electron chi connectivity index (χ0n) is 11.1. The van der Waals surface area contributed by atoms with Gasteiger partial charge in [-0.1, -0.05) is 6.07 Å². The van der Waals surface area contributed by atoms with Crippen LogP contribution in [0.25, 0.3) is 11.3 Å². The largest absolute Gasteiger partial charge is 0.497 e. The first-order valence-corrected chi connectivity index (χ1v) is 6.31. The van der Waals surface area contributed by atoms with E-state index >= 15 is 0 Å². The van der Waals surface area contributed by atoms with E-state index in [1.54, 1.807) is 14.2 Å². The quantitative estimate of drug-likeness (QED) is 0.688. The SMILES string of the molecule is COCCNc1n[nH]c2c1Cc1ccc(OC)cc1-2. The lowest BCUT2D eigenvalue weighted by Crippen LogP contribution is -2.09. The number of benzene rings is 1. The number of H-pyrrole nitrogens is 1. The van der Waals surface area contributed by atoms with E-state index in [0.717, 1.165) is 30.2 Å². The van der Waals surface area contributed by atoms with Gasteiger partial charge >= 0.3 is 0 Å². The molecule has 3 rings (SSSR count). The first kappa shape index (κ1) is 12.0. The average molecular weight is 259 g/mol. The highest BCUT2D eigenvalue weighted by molar-refractivity contribution is 5.79. The molecule has 0 aliphatic heterocycles. The molecule has 2 N–H and O–H groups in total. The smallest absolute Gasteiger partial charge is 0.152 e. The minimum Gasteiger partial charge on any atom is -0.497 e. The summed E-state index contributed by atoms with van der Waals surface area (Å²) in [5, 5.41) is 10.7. The third-order valence-electron chi connectivity index (χ3n) is 3.42. The minimum atomic E-state index is 0.669. The number of fused-ring (bicyclic) bond motifs is 3. The number of methoxy groups -OCH3 is 2. The Morgan fingerprint density at radius 3 is 3.05 bits per heavy atom. The third-order valence-corrected chi connectivity index (χ3v) is 3.42. The van der Waals surface area contributed by atoms with Gasteiger partial charge in [0, 0.05) is 31.2 Å². The second-order valence-electron chi connectivity index (χ2n) is 4.55. The van der Waals surface area contributed by atoms with Gasteiger partial charge in [0.2, 0.25) is 0 Å². The summed E-state index contributed by atoms with van der Waals surface area (Å²) < 4.78 is 10.3. The van der Waals surface area contributed by atoms with Gasteiger partial charge in [-0.05, 0) is 17.7 Å². The van der Waals surface area contributed by atoms with Crippen molar-refractivity contribution in [1.82, 2.24) is 10.2 Å². The van der Waals surface area contributed by atoms with Gasteiger partial charge in [-0.15, -0.1) is 0 Å². The van der Waals surface area contributed by atoms with Crippen LogP contribution in [0, 0.1) is 0 Å². The summed E-state index contributed by atoms with van der Waals surface area (Å²) in [4.78, 5) is 0. The molecule has 1 aliphatic rings. The molecule has 0 fully saturated rings. The van der Waals surface area contributed by atoms with Crippen molar-refractivity contribution in [3.8, 4) is 17.0 Å². The van der Waals surface area contributed by atoms with Crippen LogP contribution in [0.2, 0.25) is 0 Å². The normalized spacial score (nSPS) is 12.1. The number of hydrogen-bond acceptors (Lipinski definition) is 4. The third kappa shape index (κ3) is 2.06. The first-order valence-electron chi connectivity index (χ1n) is 6.31. The van der Waals surface area contributed by atoms with E-state index in [1.807, 2.05) is 6.07 Å². The van der Waals surface area contributed by atoms with Crippen LogP contribution in [-0.2, 0) is 11.2 Å². The molecule has 19 heavy (non-hydrogen) atoms. The summed E-state index contributed by atoms with van der Waals surface area (Å²) in [5.41, 5.74) is 4.80. The monoisotopic (exact) mass is 259 g/mol. The van der Waals surface area contributed by atoms with Crippen molar-refractivity contribution < 1.29 is 9.47 Å². The molecule has 1 aromatic heterocycles. The summed E-state index contributed by atoms with van der Waals surface area (Å²) in [7, 11) is 3.38. The number of nitrogens with zero attached hydrogens (tertiary/aromatic N) is 1. The van der Waals surface area contributed by atoms with Gasteiger partial charge in [0.05, 0.1) is 19.4 Å². The number of ether oxygens (including phenoxy) is 2. The molecular weight excluding hydrogens is 242 g/mol. The maximum Gasteiger partial charge on any atom is 0.152 e. The molecule has 1 aromatic carbocycles. The first-order chi connectivity index (χ1) is 9.33. The summed E-state index contributed by atoms with van der Waals surface area (Å²) in [6.07, 6.45) is 0.903. The molecule has 0 saturated heterocycles. The summed E-state index contributed by atoms with van der Waals surface area (Å²) in [6.45, 7) is 1.43. The number of nitrogens with one attached hydrogen (secondary N) is 2. The van der Waals surface area contributed by atoms with Crippen LogP contribution in [0.15, 0.2) is 18.2 Å². The average Bonchev–Trinajstić information content (AvgIpc) is 2.98. The highest BCUT2D eigenvalue weighted by atomic mass is 16.5. The van der Waals surface area contributed by atoms with Crippen molar-refractivity contribution in [1.29, 1.82) is 0 Å². The second kappa shape index (κ2) is 4.93. The van der Waals surface area contributed by atoms with Gasteiger partial charge < -0.3 is 14.8 Å². The van der Waals surface area contributed by atoms with Crippen molar-refractivity contribution in [2.24, 2.45) is 0 Å². The van der Waals surface area contributed by atoms with Gasteiger partial charge in [0.25, 0.3) is 0 Å². The summed E-state index contributed by atoms with van der Waals surface area (Å²) in [6, 6.07) is 6.16. The van der Waals surface area contributed by atoms with Crippen LogP contribution in [0.1, 0.15) is 11.1 Å². The highest BCUT2D eigenvalue weighted by Crippen LogP contribution is 2.40. The number of rotatable bonds is 5. The van der Waals surface area contributed by atoms with Crippen molar-refractivity contribution >= 4 is 5.82 Å². The van der Waals surface area contributed by atoms with Crippen molar-refractivity contribution in [2.75, 3.05) is 32.7 Å². The fourth-order valence-electron chi connectivity index (χ4n) is 2.44. The van der Waals surface area contributed by atoms with E-state index in [2.05, 4.69) is 27.6 Å². The van der Waals surface area contributed by atoms with Gasteiger partial charge in [-0.3, -0.25) is 5.10 Å². The van der Waals surface area contributed by atoms with Crippen LogP contribution in [-0.4, -0.2) is 37.6 Å². The zero-order valence-corrected chi connectivity index (χ0v) is 11.1.